The lowest BCUT2D eigenvalue weighted by Gasteiger charge is -1.99. The lowest BCUT2D eigenvalue weighted by atomic mass is 10.2. The number of aryl methyl sites for hydroxylation is 1. The molecular formula is C8H7N3O2. The Hall–Kier alpha value is -1.91. The number of carbonyl (C=O) groups is 1. The van der Waals surface area contributed by atoms with E-state index in [2.05, 4.69) is 10.1 Å². The lowest BCUT2D eigenvalue weighted by molar-refractivity contribution is 0.0695. The van der Waals surface area contributed by atoms with Crippen LogP contribution in [-0.4, -0.2) is 25.7 Å². The predicted molar refractivity (Wildman–Crippen MR) is 44.7 cm³/mol. The van der Waals surface area contributed by atoms with Gasteiger partial charge in [-0.05, 0) is 18.6 Å². The van der Waals surface area contributed by atoms with E-state index in [0.29, 0.717) is 11.2 Å². The van der Waals surface area contributed by atoms with Crippen molar-refractivity contribution in [2.75, 3.05) is 0 Å². The SMILES string of the molecule is Cc1cc2ncnn2cc1C(=O)O. The van der Waals surface area contributed by atoms with Crippen molar-refractivity contribution < 1.29 is 9.90 Å². The minimum Gasteiger partial charge on any atom is -0.478 e. The van der Waals surface area contributed by atoms with Crippen LogP contribution in [0.3, 0.4) is 0 Å². The predicted octanol–water partition coefficient (Wildman–Crippen LogP) is 0.736. The molecule has 0 aromatic carbocycles. The minimum absolute atomic E-state index is 0.248. The van der Waals surface area contributed by atoms with Crippen LogP contribution in [0.5, 0.6) is 0 Å². The van der Waals surface area contributed by atoms with E-state index in [9.17, 15) is 4.79 Å². The number of pyridine rings is 1. The van der Waals surface area contributed by atoms with Crippen molar-refractivity contribution in [2.24, 2.45) is 0 Å². The van der Waals surface area contributed by atoms with Crippen molar-refractivity contribution in [3.63, 3.8) is 0 Å². The van der Waals surface area contributed by atoms with Gasteiger partial charge < -0.3 is 5.11 Å². The molecule has 13 heavy (non-hydrogen) atoms. The van der Waals surface area contributed by atoms with Crippen LogP contribution in [-0.2, 0) is 0 Å². The van der Waals surface area contributed by atoms with Gasteiger partial charge in [-0.2, -0.15) is 5.10 Å². The van der Waals surface area contributed by atoms with E-state index in [0.717, 1.165) is 0 Å². The molecule has 66 valence electrons. The van der Waals surface area contributed by atoms with E-state index < -0.39 is 5.97 Å². The van der Waals surface area contributed by atoms with Gasteiger partial charge in [0.2, 0.25) is 0 Å². The molecule has 0 spiro atoms. The molecule has 0 saturated heterocycles. The van der Waals surface area contributed by atoms with Crippen molar-refractivity contribution in [3.8, 4) is 0 Å². The summed E-state index contributed by atoms with van der Waals surface area (Å²) < 4.78 is 1.44. The fourth-order valence-corrected chi connectivity index (χ4v) is 1.18. The fourth-order valence-electron chi connectivity index (χ4n) is 1.18. The monoisotopic (exact) mass is 177 g/mol. The van der Waals surface area contributed by atoms with E-state index in [1.54, 1.807) is 13.0 Å². The Morgan fingerprint density at radius 2 is 2.38 bits per heavy atom. The minimum atomic E-state index is -0.949. The van der Waals surface area contributed by atoms with Gasteiger partial charge >= 0.3 is 5.97 Å². The molecule has 0 atom stereocenters. The van der Waals surface area contributed by atoms with Crippen molar-refractivity contribution in [1.29, 1.82) is 0 Å². The average Bonchev–Trinajstić information content (AvgIpc) is 2.48. The molecule has 0 aliphatic rings. The Kier molecular flexibility index (Phi) is 1.51. The van der Waals surface area contributed by atoms with E-state index in [1.807, 2.05) is 0 Å². The van der Waals surface area contributed by atoms with Crippen LogP contribution >= 0.6 is 0 Å². The fraction of sp³-hybridized carbons (Fsp3) is 0.125. The number of fused-ring (bicyclic) bond motifs is 1. The summed E-state index contributed by atoms with van der Waals surface area (Å²) in [6.07, 6.45) is 2.85. The highest BCUT2D eigenvalue weighted by Gasteiger charge is 2.08. The van der Waals surface area contributed by atoms with E-state index in [1.165, 1.54) is 17.0 Å². The van der Waals surface area contributed by atoms with Gasteiger partial charge in [0.1, 0.15) is 6.33 Å². The first-order valence-electron chi connectivity index (χ1n) is 3.72. The summed E-state index contributed by atoms with van der Waals surface area (Å²) in [4.78, 5) is 14.7. The Bertz CT molecular complexity index is 475. The van der Waals surface area contributed by atoms with E-state index in [-0.39, 0.29) is 5.56 Å². The van der Waals surface area contributed by atoms with Gasteiger partial charge in [0.15, 0.2) is 5.65 Å². The Balaban J connectivity index is 2.76. The lowest BCUT2D eigenvalue weighted by Crippen LogP contribution is -2.02. The third kappa shape index (κ3) is 1.14. The van der Waals surface area contributed by atoms with Crippen LogP contribution in [0.25, 0.3) is 5.65 Å². The molecule has 2 heterocycles. The standard InChI is InChI=1S/C8H7N3O2/c1-5-2-7-9-4-10-11(7)3-6(5)8(12)13/h2-4H,1H3,(H,12,13). The molecule has 2 aromatic rings. The van der Waals surface area contributed by atoms with Crippen LogP contribution in [0.2, 0.25) is 0 Å². The maximum atomic E-state index is 10.7. The van der Waals surface area contributed by atoms with E-state index >= 15 is 0 Å². The third-order valence-electron chi connectivity index (χ3n) is 1.85. The number of hydrogen-bond donors (Lipinski definition) is 1. The van der Waals surface area contributed by atoms with Crippen LogP contribution in [0.15, 0.2) is 18.6 Å². The zero-order chi connectivity index (χ0) is 9.42. The van der Waals surface area contributed by atoms with Crippen molar-refractivity contribution in [1.82, 2.24) is 14.6 Å². The number of hydrogen-bond acceptors (Lipinski definition) is 3. The third-order valence-corrected chi connectivity index (χ3v) is 1.85. The average molecular weight is 177 g/mol. The van der Waals surface area contributed by atoms with Gasteiger partial charge in [-0.25, -0.2) is 14.3 Å². The first-order chi connectivity index (χ1) is 6.18. The molecule has 0 aliphatic heterocycles. The first kappa shape index (κ1) is 7.72. The molecule has 0 aliphatic carbocycles. The molecule has 5 nitrogen and oxygen atoms in total. The zero-order valence-corrected chi connectivity index (χ0v) is 6.93. The largest absolute Gasteiger partial charge is 0.478 e. The van der Waals surface area contributed by atoms with Gasteiger partial charge in [-0.15, -0.1) is 0 Å². The van der Waals surface area contributed by atoms with Gasteiger partial charge in [0.05, 0.1) is 5.56 Å². The number of rotatable bonds is 1. The molecule has 0 radical (unpaired) electrons. The van der Waals surface area contributed by atoms with Crippen molar-refractivity contribution >= 4 is 11.6 Å². The molecule has 0 fully saturated rings. The quantitative estimate of drug-likeness (QED) is 0.697. The maximum absolute atomic E-state index is 10.7. The smallest absolute Gasteiger partial charge is 0.337 e. The number of carboxylic acids is 1. The second kappa shape index (κ2) is 2.55. The molecule has 0 amide bonds. The molecule has 2 aromatic heterocycles. The second-order valence-corrected chi connectivity index (χ2v) is 2.74. The summed E-state index contributed by atoms with van der Waals surface area (Å²) in [5.74, 6) is -0.949. The van der Waals surface area contributed by atoms with Crippen LogP contribution in [0, 0.1) is 6.92 Å². The van der Waals surface area contributed by atoms with Gasteiger partial charge in [-0.3, -0.25) is 0 Å². The topological polar surface area (TPSA) is 67.5 Å². The Labute approximate surface area is 73.6 Å². The summed E-state index contributed by atoms with van der Waals surface area (Å²) >= 11 is 0. The molecular weight excluding hydrogens is 170 g/mol. The van der Waals surface area contributed by atoms with E-state index in [4.69, 9.17) is 5.11 Å². The molecule has 1 N–H and O–H groups in total. The maximum Gasteiger partial charge on any atom is 0.337 e. The summed E-state index contributed by atoms with van der Waals surface area (Å²) in [6, 6.07) is 1.69. The van der Waals surface area contributed by atoms with Gasteiger partial charge in [-0.1, -0.05) is 0 Å². The number of carboxylic acid groups (broad SMARTS) is 1. The molecule has 0 unspecified atom stereocenters. The number of nitrogens with zero attached hydrogens (tertiary/aromatic N) is 3. The van der Waals surface area contributed by atoms with Crippen LogP contribution < -0.4 is 0 Å². The molecule has 5 heteroatoms. The Morgan fingerprint density at radius 1 is 1.62 bits per heavy atom. The summed E-state index contributed by atoms with van der Waals surface area (Å²) in [7, 11) is 0. The van der Waals surface area contributed by atoms with Crippen LogP contribution in [0.4, 0.5) is 0 Å². The zero-order valence-electron chi connectivity index (χ0n) is 6.93. The molecule has 0 saturated carbocycles. The second-order valence-electron chi connectivity index (χ2n) is 2.74. The number of aromatic nitrogens is 3. The highest BCUT2D eigenvalue weighted by molar-refractivity contribution is 5.89. The van der Waals surface area contributed by atoms with Crippen molar-refractivity contribution in [3.05, 3.63) is 29.7 Å². The number of aromatic carboxylic acids is 1. The summed E-state index contributed by atoms with van der Waals surface area (Å²) in [5.41, 5.74) is 1.59. The Morgan fingerprint density at radius 3 is 3.08 bits per heavy atom. The van der Waals surface area contributed by atoms with Crippen LogP contribution in [0.1, 0.15) is 15.9 Å². The summed E-state index contributed by atoms with van der Waals surface area (Å²) in [5, 5.41) is 12.6. The van der Waals surface area contributed by atoms with Gasteiger partial charge in [0, 0.05) is 6.20 Å². The summed E-state index contributed by atoms with van der Waals surface area (Å²) in [6.45, 7) is 1.73. The molecule has 0 bridgehead atoms. The van der Waals surface area contributed by atoms with Crippen molar-refractivity contribution in [2.45, 2.75) is 6.92 Å². The highest BCUT2D eigenvalue weighted by Crippen LogP contribution is 2.09. The van der Waals surface area contributed by atoms with Gasteiger partial charge in [0.25, 0.3) is 0 Å². The first-order valence-corrected chi connectivity index (χ1v) is 3.72. The molecule has 2 rings (SSSR count). The normalized spacial score (nSPS) is 10.5. The highest BCUT2D eigenvalue weighted by atomic mass is 16.4.